The molecule has 2 aliphatic rings. The maximum Gasteiger partial charge on any atom is 0.273 e. The lowest BCUT2D eigenvalue weighted by atomic mass is 10.1. The monoisotopic (exact) mass is 389 g/mol. The Balaban J connectivity index is 1.55. The molecule has 2 aromatic rings. The molecule has 8 nitrogen and oxygen atoms in total. The lowest BCUT2D eigenvalue weighted by Gasteiger charge is -2.12. The molecule has 2 N–H and O–H groups in total. The van der Waals surface area contributed by atoms with Gasteiger partial charge in [-0.15, -0.1) is 0 Å². The summed E-state index contributed by atoms with van der Waals surface area (Å²) < 4.78 is 32.0. The van der Waals surface area contributed by atoms with Crippen molar-refractivity contribution in [2.45, 2.75) is 30.3 Å². The molecule has 27 heavy (non-hydrogen) atoms. The molecule has 0 radical (unpaired) electrons. The van der Waals surface area contributed by atoms with Gasteiger partial charge in [-0.3, -0.25) is 9.59 Å². The van der Waals surface area contributed by atoms with Crippen molar-refractivity contribution in [3.8, 4) is 0 Å². The zero-order valence-corrected chi connectivity index (χ0v) is 15.3. The molecule has 1 fully saturated rings. The van der Waals surface area contributed by atoms with Crippen LogP contribution in [0.1, 0.15) is 40.1 Å². The highest BCUT2D eigenvalue weighted by molar-refractivity contribution is 7.90. The van der Waals surface area contributed by atoms with Gasteiger partial charge in [0.1, 0.15) is 10.6 Å². The number of ether oxygens (including phenoxy) is 1. The molecule has 2 amide bonds. The summed E-state index contributed by atoms with van der Waals surface area (Å²) >= 11 is 0. The maximum absolute atomic E-state index is 12.8. The van der Waals surface area contributed by atoms with Crippen LogP contribution in [0.4, 0.5) is 5.69 Å². The zero-order valence-electron chi connectivity index (χ0n) is 14.5. The first kappa shape index (κ1) is 17.7. The lowest BCUT2D eigenvalue weighted by molar-refractivity contribution is 0.0906. The van der Waals surface area contributed by atoms with Gasteiger partial charge >= 0.3 is 0 Å². The van der Waals surface area contributed by atoms with Crippen LogP contribution in [0.15, 0.2) is 41.4 Å². The SMILES string of the molecule is O=C(NCCC1CCCO1)c1ccc2c(c1)NC(=O)c1cccn1S2(=O)=O. The van der Waals surface area contributed by atoms with E-state index in [9.17, 15) is 18.0 Å². The number of benzene rings is 1. The van der Waals surface area contributed by atoms with Crippen LogP contribution in [0.2, 0.25) is 0 Å². The summed E-state index contributed by atoms with van der Waals surface area (Å²) in [7, 11) is -3.91. The highest BCUT2D eigenvalue weighted by Crippen LogP contribution is 2.29. The topological polar surface area (TPSA) is 106 Å². The van der Waals surface area contributed by atoms with Crippen molar-refractivity contribution in [2.24, 2.45) is 0 Å². The third kappa shape index (κ3) is 3.24. The Morgan fingerprint density at radius 3 is 2.96 bits per heavy atom. The van der Waals surface area contributed by atoms with E-state index in [0.29, 0.717) is 6.54 Å². The Bertz CT molecular complexity index is 1010. The number of carbonyl (C=O) groups excluding carboxylic acids is 2. The minimum Gasteiger partial charge on any atom is -0.378 e. The molecular weight excluding hydrogens is 370 g/mol. The van der Waals surface area contributed by atoms with Gasteiger partial charge in [0.05, 0.1) is 11.8 Å². The van der Waals surface area contributed by atoms with E-state index >= 15 is 0 Å². The predicted octanol–water partition coefficient (Wildman–Crippen LogP) is 1.59. The fourth-order valence-corrected chi connectivity index (χ4v) is 4.83. The van der Waals surface area contributed by atoms with Crippen molar-refractivity contribution < 1.29 is 22.7 Å². The van der Waals surface area contributed by atoms with Gasteiger partial charge in [-0.25, -0.2) is 12.4 Å². The molecule has 4 rings (SSSR count). The number of anilines is 1. The lowest BCUT2D eigenvalue weighted by Crippen LogP contribution is -2.27. The molecule has 0 spiro atoms. The molecule has 0 aliphatic carbocycles. The number of carbonyl (C=O) groups is 2. The highest BCUT2D eigenvalue weighted by Gasteiger charge is 2.30. The summed E-state index contributed by atoms with van der Waals surface area (Å²) in [6.07, 6.45) is 4.28. The fourth-order valence-electron chi connectivity index (χ4n) is 3.36. The smallest absolute Gasteiger partial charge is 0.273 e. The molecule has 1 aromatic carbocycles. The van der Waals surface area contributed by atoms with Crippen molar-refractivity contribution in [3.63, 3.8) is 0 Å². The van der Waals surface area contributed by atoms with Crippen molar-refractivity contribution in [1.82, 2.24) is 9.29 Å². The number of hydrogen-bond donors (Lipinski definition) is 2. The normalized spacial score (nSPS) is 20.3. The summed E-state index contributed by atoms with van der Waals surface area (Å²) in [5, 5.41) is 5.38. The third-order valence-electron chi connectivity index (χ3n) is 4.75. The van der Waals surface area contributed by atoms with Gasteiger partial charge in [-0.2, -0.15) is 0 Å². The van der Waals surface area contributed by atoms with Crippen LogP contribution in [0.25, 0.3) is 0 Å². The first-order valence-corrected chi connectivity index (χ1v) is 10.2. The molecule has 0 bridgehead atoms. The number of aromatic nitrogens is 1. The second-order valence-corrected chi connectivity index (χ2v) is 8.32. The largest absolute Gasteiger partial charge is 0.378 e. The van der Waals surface area contributed by atoms with E-state index in [1.165, 1.54) is 36.5 Å². The van der Waals surface area contributed by atoms with E-state index in [1.54, 1.807) is 0 Å². The Labute approximate surface area is 156 Å². The molecular formula is C18H19N3O5S. The molecule has 9 heteroatoms. The zero-order chi connectivity index (χ0) is 19.0. The molecule has 3 heterocycles. The number of rotatable bonds is 4. The van der Waals surface area contributed by atoms with Crippen LogP contribution in [0.5, 0.6) is 0 Å². The number of nitrogens with zero attached hydrogens (tertiary/aromatic N) is 1. The number of fused-ring (bicyclic) bond motifs is 2. The summed E-state index contributed by atoms with van der Waals surface area (Å²) in [6.45, 7) is 1.23. The van der Waals surface area contributed by atoms with E-state index < -0.39 is 15.9 Å². The van der Waals surface area contributed by atoms with Crippen molar-refractivity contribution >= 4 is 27.5 Å². The fraction of sp³-hybridized carbons (Fsp3) is 0.333. The molecule has 142 valence electrons. The predicted molar refractivity (Wildman–Crippen MR) is 97.3 cm³/mol. The summed E-state index contributed by atoms with van der Waals surface area (Å²) in [6, 6.07) is 7.09. The minimum atomic E-state index is -3.91. The van der Waals surface area contributed by atoms with Gasteiger partial charge in [-0.1, -0.05) is 0 Å². The van der Waals surface area contributed by atoms with Crippen LogP contribution in [-0.2, 0) is 14.8 Å². The highest BCUT2D eigenvalue weighted by atomic mass is 32.2. The molecule has 1 unspecified atom stereocenters. The van der Waals surface area contributed by atoms with Gasteiger partial charge in [-0.05, 0) is 49.6 Å². The molecule has 1 saturated heterocycles. The quantitative estimate of drug-likeness (QED) is 0.826. The van der Waals surface area contributed by atoms with E-state index in [2.05, 4.69) is 10.6 Å². The first-order chi connectivity index (χ1) is 13.0. The Morgan fingerprint density at radius 2 is 2.19 bits per heavy atom. The van der Waals surface area contributed by atoms with Gasteiger partial charge < -0.3 is 15.4 Å². The van der Waals surface area contributed by atoms with Crippen LogP contribution >= 0.6 is 0 Å². The van der Waals surface area contributed by atoms with Crippen LogP contribution in [-0.4, -0.2) is 43.5 Å². The van der Waals surface area contributed by atoms with Crippen molar-refractivity contribution in [1.29, 1.82) is 0 Å². The average molecular weight is 389 g/mol. The van der Waals surface area contributed by atoms with E-state index in [0.717, 1.165) is 29.8 Å². The van der Waals surface area contributed by atoms with Crippen LogP contribution < -0.4 is 10.6 Å². The third-order valence-corrected chi connectivity index (χ3v) is 6.50. The Morgan fingerprint density at radius 1 is 1.33 bits per heavy atom. The first-order valence-electron chi connectivity index (χ1n) is 8.75. The second-order valence-electron chi connectivity index (χ2n) is 6.54. The minimum absolute atomic E-state index is 0.0220. The van der Waals surface area contributed by atoms with E-state index in [4.69, 9.17) is 4.74 Å². The van der Waals surface area contributed by atoms with E-state index in [-0.39, 0.29) is 33.9 Å². The summed E-state index contributed by atoms with van der Waals surface area (Å²) in [5.41, 5.74) is 0.396. The van der Waals surface area contributed by atoms with Gasteiger partial charge in [0.25, 0.3) is 21.8 Å². The van der Waals surface area contributed by atoms with Gasteiger partial charge in [0.2, 0.25) is 0 Å². The van der Waals surface area contributed by atoms with Gasteiger partial charge in [0, 0.05) is 24.9 Å². The maximum atomic E-state index is 12.8. The van der Waals surface area contributed by atoms with Crippen LogP contribution in [0, 0.1) is 0 Å². The standard InChI is InChI=1S/C18H19N3O5S/c22-17(19-8-7-13-3-2-10-26-13)12-5-6-16-14(11-12)20-18(23)15-4-1-9-21(15)27(16,24)25/h1,4-6,9,11,13H,2-3,7-8,10H2,(H,19,22)(H,20,23). The van der Waals surface area contributed by atoms with E-state index in [1.807, 2.05) is 0 Å². The Hall–Kier alpha value is -2.65. The number of nitrogens with one attached hydrogen (secondary N) is 2. The van der Waals surface area contributed by atoms with Crippen molar-refractivity contribution in [2.75, 3.05) is 18.5 Å². The second kappa shape index (κ2) is 6.82. The molecule has 1 atom stereocenters. The number of amides is 2. The number of hydrogen-bond acceptors (Lipinski definition) is 5. The van der Waals surface area contributed by atoms with Gasteiger partial charge in [0.15, 0.2) is 0 Å². The summed E-state index contributed by atoms with van der Waals surface area (Å²) in [4.78, 5) is 24.6. The van der Waals surface area contributed by atoms with Crippen LogP contribution in [0.3, 0.4) is 0 Å². The average Bonchev–Trinajstić information content (AvgIpc) is 3.32. The Kier molecular flexibility index (Phi) is 4.48. The summed E-state index contributed by atoms with van der Waals surface area (Å²) in [5.74, 6) is -0.871. The molecule has 2 aliphatic heterocycles. The molecule has 1 aromatic heterocycles. The van der Waals surface area contributed by atoms with Crippen molar-refractivity contribution in [3.05, 3.63) is 47.8 Å². The molecule has 0 saturated carbocycles.